The minimum absolute atomic E-state index is 0.0952. The summed E-state index contributed by atoms with van der Waals surface area (Å²) < 4.78 is 16.0. The van der Waals surface area contributed by atoms with Crippen LogP contribution >= 0.6 is 0 Å². The summed E-state index contributed by atoms with van der Waals surface area (Å²) in [6.07, 6.45) is 2.57. The second-order valence-corrected chi connectivity index (χ2v) is 6.43. The molecule has 0 N–H and O–H groups in total. The predicted octanol–water partition coefficient (Wildman–Crippen LogP) is 2.59. The van der Waals surface area contributed by atoms with Gasteiger partial charge in [0.1, 0.15) is 11.6 Å². The van der Waals surface area contributed by atoms with Crippen molar-refractivity contribution in [1.29, 1.82) is 0 Å². The molecule has 1 aromatic carbocycles. The van der Waals surface area contributed by atoms with Gasteiger partial charge >= 0.3 is 0 Å². The molecule has 1 saturated heterocycles. The van der Waals surface area contributed by atoms with Crippen LogP contribution in [0, 0.1) is 5.82 Å². The monoisotopic (exact) mass is 353 g/mol. The zero-order chi connectivity index (χ0) is 18.1. The lowest BCUT2D eigenvalue weighted by atomic mass is 10.1. The molecule has 0 saturated carbocycles. The van der Waals surface area contributed by atoms with Crippen molar-refractivity contribution < 1.29 is 9.18 Å². The molecule has 0 aliphatic carbocycles. The van der Waals surface area contributed by atoms with E-state index in [1.165, 1.54) is 6.07 Å². The first kappa shape index (κ1) is 16.5. The number of halogens is 1. The minimum atomic E-state index is -0.298. The fourth-order valence-corrected chi connectivity index (χ4v) is 3.39. The number of carbonyl (C=O) groups excluding carboxylic acids is 1. The molecule has 3 aromatic rings. The highest BCUT2D eigenvalue weighted by Gasteiger charge is 2.20. The van der Waals surface area contributed by atoms with Crippen molar-refractivity contribution in [3.05, 3.63) is 48.4 Å². The molecule has 134 valence electrons. The summed E-state index contributed by atoms with van der Waals surface area (Å²) >= 11 is 0. The molecule has 1 fully saturated rings. The smallest absolute Gasteiger partial charge is 0.219 e. The topological polar surface area (TPSA) is 53.7 Å². The third kappa shape index (κ3) is 3.00. The molecule has 6 nitrogen and oxygen atoms in total. The molecule has 0 unspecified atom stereocenters. The zero-order valence-electron chi connectivity index (χ0n) is 14.6. The van der Waals surface area contributed by atoms with E-state index >= 15 is 0 Å². The Morgan fingerprint density at radius 3 is 2.77 bits per heavy atom. The van der Waals surface area contributed by atoms with Crippen molar-refractivity contribution >= 4 is 17.4 Å². The van der Waals surface area contributed by atoms with E-state index in [2.05, 4.69) is 15.0 Å². The summed E-state index contributed by atoms with van der Waals surface area (Å²) in [5.41, 5.74) is 1.73. The summed E-state index contributed by atoms with van der Waals surface area (Å²) in [6.45, 7) is 4.52. The molecule has 0 bridgehead atoms. The van der Waals surface area contributed by atoms with E-state index < -0.39 is 0 Å². The van der Waals surface area contributed by atoms with Gasteiger partial charge in [0.2, 0.25) is 5.91 Å². The van der Waals surface area contributed by atoms with E-state index in [-0.39, 0.29) is 11.7 Å². The summed E-state index contributed by atoms with van der Waals surface area (Å²) in [7, 11) is 0. The summed E-state index contributed by atoms with van der Waals surface area (Å²) in [6, 6.07) is 10.3. The van der Waals surface area contributed by atoms with Crippen LogP contribution in [0.25, 0.3) is 16.9 Å². The van der Waals surface area contributed by atoms with E-state index in [0.717, 1.165) is 25.3 Å². The lowest BCUT2D eigenvalue weighted by Crippen LogP contribution is -2.34. The van der Waals surface area contributed by atoms with Gasteiger partial charge in [0.25, 0.3) is 0 Å². The average Bonchev–Trinajstić information content (AvgIpc) is 2.96. The fraction of sp³-hybridized carbons (Fsp3) is 0.316. The second-order valence-electron chi connectivity index (χ2n) is 6.43. The van der Waals surface area contributed by atoms with Gasteiger partial charge in [-0.2, -0.15) is 9.61 Å². The van der Waals surface area contributed by atoms with Crippen LogP contribution in [0.5, 0.6) is 0 Å². The van der Waals surface area contributed by atoms with E-state index in [1.54, 1.807) is 35.8 Å². The molecule has 26 heavy (non-hydrogen) atoms. The Morgan fingerprint density at radius 1 is 1.12 bits per heavy atom. The number of nitrogens with zero attached hydrogens (tertiary/aromatic N) is 5. The van der Waals surface area contributed by atoms with Gasteiger partial charge in [-0.1, -0.05) is 12.1 Å². The Kier molecular flexibility index (Phi) is 4.28. The molecule has 3 heterocycles. The summed E-state index contributed by atoms with van der Waals surface area (Å²) in [4.78, 5) is 20.3. The van der Waals surface area contributed by atoms with Gasteiger partial charge in [-0.25, -0.2) is 9.37 Å². The highest BCUT2D eigenvalue weighted by Crippen LogP contribution is 2.27. The van der Waals surface area contributed by atoms with Gasteiger partial charge in [-0.3, -0.25) is 4.79 Å². The van der Waals surface area contributed by atoms with Crippen molar-refractivity contribution in [1.82, 2.24) is 19.5 Å². The lowest BCUT2D eigenvalue weighted by Gasteiger charge is -2.24. The molecule has 2 aromatic heterocycles. The number of rotatable bonds is 2. The predicted molar refractivity (Wildman–Crippen MR) is 97.5 cm³/mol. The van der Waals surface area contributed by atoms with Crippen LogP contribution in [0.2, 0.25) is 0 Å². The first-order valence-electron chi connectivity index (χ1n) is 8.73. The van der Waals surface area contributed by atoms with Gasteiger partial charge in [0.15, 0.2) is 5.65 Å². The molecule has 1 aliphatic heterocycles. The van der Waals surface area contributed by atoms with Crippen molar-refractivity contribution in [3.8, 4) is 11.3 Å². The van der Waals surface area contributed by atoms with Crippen LogP contribution in [0.4, 0.5) is 10.2 Å². The van der Waals surface area contributed by atoms with Crippen LogP contribution in [0.1, 0.15) is 13.3 Å². The molecule has 0 spiro atoms. The zero-order valence-corrected chi connectivity index (χ0v) is 14.6. The van der Waals surface area contributed by atoms with Crippen LogP contribution in [0.15, 0.2) is 42.6 Å². The van der Waals surface area contributed by atoms with E-state index in [9.17, 15) is 9.18 Å². The molecule has 0 radical (unpaired) electrons. The Balaban J connectivity index is 1.76. The molecule has 7 heteroatoms. The van der Waals surface area contributed by atoms with E-state index in [1.807, 2.05) is 17.0 Å². The van der Waals surface area contributed by atoms with Crippen LogP contribution in [-0.4, -0.2) is 51.6 Å². The number of hydrogen-bond acceptors (Lipinski definition) is 4. The maximum Gasteiger partial charge on any atom is 0.219 e. The number of aromatic nitrogens is 3. The first-order valence-corrected chi connectivity index (χ1v) is 8.73. The normalized spacial score (nSPS) is 15.3. The van der Waals surface area contributed by atoms with Crippen molar-refractivity contribution in [2.24, 2.45) is 0 Å². The Labute approximate surface area is 150 Å². The van der Waals surface area contributed by atoms with Gasteiger partial charge < -0.3 is 9.80 Å². The minimum Gasteiger partial charge on any atom is -0.355 e. The molecule has 1 aliphatic rings. The maximum atomic E-state index is 14.3. The largest absolute Gasteiger partial charge is 0.355 e. The van der Waals surface area contributed by atoms with Gasteiger partial charge in [0.05, 0.1) is 11.9 Å². The molecule has 4 rings (SSSR count). The number of carbonyl (C=O) groups is 1. The van der Waals surface area contributed by atoms with E-state index in [4.69, 9.17) is 0 Å². The fourth-order valence-electron chi connectivity index (χ4n) is 3.39. The summed E-state index contributed by atoms with van der Waals surface area (Å²) in [5.74, 6) is 0.662. The standard InChI is InChI=1S/C19H20FN5O/c1-14(26)23-9-4-10-24(12-11-23)19-13-17(15-5-2-3-6-16(15)20)22-18-7-8-21-25(18)19/h2-3,5-8,13H,4,9-12H2,1H3. The van der Waals surface area contributed by atoms with Crippen molar-refractivity contribution in [3.63, 3.8) is 0 Å². The molecule has 1 amide bonds. The van der Waals surface area contributed by atoms with Crippen LogP contribution in [-0.2, 0) is 4.79 Å². The highest BCUT2D eigenvalue weighted by atomic mass is 19.1. The third-order valence-corrected chi connectivity index (χ3v) is 4.76. The van der Waals surface area contributed by atoms with Crippen molar-refractivity contribution in [2.75, 3.05) is 31.1 Å². The van der Waals surface area contributed by atoms with Gasteiger partial charge in [0, 0.05) is 50.8 Å². The van der Waals surface area contributed by atoms with E-state index in [0.29, 0.717) is 30.0 Å². The number of fused-ring (bicyclic) bond motifs is 1. The quantitative estimate of drug-likeness (QED) is 0.711. The first-order chi connectivity index (χ1) is 12.6. The average molecular weight is 353 g/mol. The van der Waals surface area contributed by atoms with Gasteiger partial charge in [-0.15, -0.1) is 0 Å². The second kappa shape index (κ2) is 6.74. The molecule has 0 atom stereocenters. The number of amides is 1. The third-order valence-electron chi connectivity index (χ3n) is 4.76. The van der Waals surface area contributed by atoms with Crippen LogP contribution in [0.3, 0.4) is 0 Å². The Morgan fingerprint density at radius 2 is 1.96 bits per heavy atom. The van der Waals surface area contributed by atoms with Gasteiger partial charge in [-0.05, 0) is 18.6 Å². The molecular weight excluding hydrogens is 333 g/mol. The highest BCUT2D eigenvalue weighted by molar-refractivity contribution is 5.73. The van der Waals surface area contributed by atoms with Crippen LogP contribution < -0.4 is 4.90 Å². The Bertz CT molecular complexity index is 954. The Hall–Kier alpha value is -2.96. The molecular formula is C19H20FN5O. The number of anilines is 1. The number of hydrogen-bond donors (Lipinski definition) is 0. The summed E-state index contributed by atoms with van der Waals surface area (Å²) in [5, 5.41) is 4.37. The lowest BCUT2D eigenvalue weighted by molar-refractivity contribution is -0.128. The number of benzene rings is 1. The SMILES string of the molecule is CC(=O)N1CCCN(c2cc(-c3ccccc3F)nc3ccnn23)CC1. The maximum absolute atomic E-state index is 14.3. The van der Waals surface area contributed by atoms with Crippen molar-refractivity contribution in [2.45, 2.75) is 13.3 Å².